The number of hydrogen-bond donors (Lipinski definition) is 1. The number of nitrogens with two attached hydrogens (primary N) is 1. The van der Waals surface area contributed by atoms with Crippen LogP contribution in [0.2, 0.25) is 0 Å². The summed E-state index contributed by atoms with van der Waals surface area (Å²) in [5.74, 6) is 0. The van der Waals surface area contributed by atoms with Crippen molar-refractivity contribution in [3.63, 3.8) is 0 Å². The predicted octanol–water partition coefficient (Wildman–Crippen LogP) is 2.61. The fourth-order valence-corrected chi connectivity index (χ4v) is 3.13. The maximum Gasteiger partial charge on any atom is 0.164 e. The molecule has 7 heteroatoms. The van der Waals surface area contributed by atoms with E-state index in [1.807, 2.05) is 45.5 Å². The summed E-state index contributed by atoms with van der Waals surface area (Å²) in [6.07, 6.45) is 7.09. The van der Waals surface area contributed by atoms with E-state index in [1.165, 1.54) is 0 Å². The van der Waals surface area contributed by atoms with E-state index in [0.717, 1.165) is 39.3 Å². The van der Waals surface area contributed by atoms with Crippen molar-refractivity contribution in [3.05, 3.63) is 73.1 Å². The number of benzene rings is 1. The standard InChI is InChI=1S/C19H15N7/c20-10-13-7-14(25-11-23-16-3-1-5-21-18(16)25)9-15(8-13)26-12-24-17-4-2-6-22-19(17)26/h1-9,11-12H,10,20H2. The van der Waals surface area contributed by atoms with Gasteiger partial charge in [0.25, 0.3) is 0 Å². The predicted molar refractivity (Wildman–Crippen MR) is 99.2 cm³/mol. The van der Waals surface area contributed by atoms with Gasteiger partial charge >= 0.3 is 0 Å². The Morgan fingerprint density at radius 1 is 0.731 bits per heavy atom. The van der Waals surface area contributed by atoms with Gasteiger partial charge in [0.1, 0.15) is 23.7 Å². The first-order valence-corrected chi connectivity index (χ1v) is 8.24. The number of fused-ring (bicyclic) bond motifs is 2. The third kappa shape index (κ3) is 2.26. The Kier molecular flexibility index (Phi) is 3.26. The van der Waals surface area contributed by atoms with E-state index in [9.17, 15) is 0 Å². The van der Waals surface area contributed by atoms with Crippen LogP contribution < -0.4 is 5.73 Å². The minimum atomic E-state index is 0.432. The molecule has 0 fully saturated rings. The molecule has 0 unspecified atom stereocenters. The van der Waals surface area contributed by atoms with Gasteiger partial charge in [0, 0.05) is 18.9 Å². The molecule has 126 valence electrons. The summed E-state index contributed by atoms with van der Waals surface area (Å²) in [5, 5.41) is 0. The molecular formula is C19H15N7. The molecular weight excluding hydrogens is 326 g/mol. The van der Waals surface area contributed by atoms with Crippen molar-refractivity contribution in [2.75, 3.05) is 0 Å². The van der Waals surface area contributed by atoms with E-state index in [2.05, 4.69) is 26.0 Å². The lowest BCUT2D eigenvalue weighted by Gasteiger charge is -2.11. The molecule has 0 aliphatic carbocycles. The second kappa shape index (κ2) is 5.75. The summed E-state index contributed by atoms with van der Waals surface area (Å²) >= 11 is 0. The van der Waals surface area contributed by atoms with Crippen LogP contribution in [0.15, 0.2) is 67.5 Å². The number of imidazole rings is 2. The fourth-order valence-electron chi connectivity index (χ4n) is 3.13. The van der Waals surface area contributed by atoms with Gasteiger partial charge in [0.2, 0.25) is 0 Å². The highest BCUT2D eigenvalue weighted by Crippen LogP contribution is 2.23. The summed E-state index contributed by atoms with van der Waals surface area (Å²) in [4.78, 5) is 17.8. The molecule has 4 heterocycles. The minimum Gasteiger partial charge on any atom is -0.326 e. The second-order valence-electron chi connectivity index (χ2n) is 5.98. The normalized spacial score (nSPS) is 11.4. The maximum absolute atomic E-state index is 5.94. The summed E-state index contributed by atoms with van der Waals surface area (Å²) in [6, 6.07) is 13.8. The maximum atomic E-state index is 5.94. The average Bonchev–Trinajstić information content (AvgIpc) is 3.32. The van der Waals surface area contributed by atoms with Gasteiger partial charge in [0.15, 0.2) is 11.3 Å². The Balaban J connectivity index is 1.74. The van der Waals surface area contributed by atoms with E-state index < -0.39 is 0 Å². The molecule has 0 saturated heterocycles. The molecule has 4 aromatic heterocycles. The van der Waals surface area contributed by atoms with E-state index >= 15 is 0 Å². The zero-order valence-electron chi connectivity index (χ0n) is 13.8. The SMILES string of the molecule is NCc1cc(-n2cnc3cccnc32)cc(-n2cnc3cccnc32)c1. The quantitative estimate of drug-likeness (QED) is 0.545. The second-order valence-corrected chi connectivity index (χ2v) is 5.98. The van der Waals surface area contributed by atoms with Crippen molar-refractivity contribution >= 4 is 22.3 Å². The summed E-state index contributed by atoms with van der Waals surface area (Å²) in [7, 11) is 0. The summed E-state index contributed by atoms with van der Waals surface area (Å²) in [6.45, 7) is 0.432. The number of rotatable bonds is 3. The van der Waals surface area contributed by atoms with Crippen LogP contribution >= 0.6 is 0 Å². The van der Waals surface area contributed by atoms with Gasteiger partial charge in [0.05, 0.1) is 11.4 Å². The Labute approximate surface area is 148 Å². The molecule has 0 bridgehead atoms. The number of aromatic nitrogens is 6. The highest BCUT2D eigenvalue weighted by Gasteiger charge is 2.11. The van der Waals surface area contributed by atoms with Crippen molar-refractivity contribution in [3.8, 4) is 11.4 Å². The van der Waals surface area contributed by atoms with Crippen molar-refractivity contribution in [2.45, 2.75) is 6.54 Å². The van der Waals surface area contributed by atoms with Crippen LogP contribution in [0.5, 0.6) is 0 Å². The Morgan fingerprint density at radius 2 is 1.27 bits per heavy atom. The van der Waals surface area contributed by atoms with Crippen LogP contribution in [0.1, 0.15) is 5.56 Å². The Morgan fingerprint density at radius 3 is 1.77 bits per heavy atom. The monoisotopic (exact) mass is 341 g/mol. The summed E-state index contributed by atoms with van der Waals surface area (Å²) < 4.78 is 3.93. The number of pyridine rings is 2. The van der Waals surface area contributed by atoms with Crippen LogP contribution in [-0.4, -0.2) is 29.1 Å². The van der Waals surface area contributed by atoms with Crippen molar-refractivity contribution in [1.29, 1.82) is 0 Å². The molecule has 0 amide bonds. The van der Waals surface area contributed by atoms with E-state index in [4.69, 9.17) is 5.73 Å². The first-order chi connectivity index (χ1) is 12.8. The van der Waals surface area contributed by atoms with Crippen molar-refractivity contribution in [1.82, 2.24) is 29.1 Å². The van der Waals surface area contributed by atoms with E-state index in [-0.39, 0.29) is 0 Å². The van der Waals surface area contributed by atoms with Crippen molar-refractivity contribution in [2.24, 2.45) is 5.73 Å². The molecule has 7 nitrogen and oxygen atoms in total. The molecule has 0 radical (unpaired) electrons. The molecule has 0 atom stereocenters. The molecule has 1 aromatic carbocycles. The van der Waals surface area contributed by atoms with Crippen LogP contribution in [0.3, 0.4) is 0 Å². The van der Waals surface area contributed by atoms with Gasteiger partial charge in [-0.2, -0.15) is 0 Å². The lowest BCUT2D eigenvalue weighted by atomic mass is 10.1. The molecule has 26 heavy (non-hydrogen) atoms. The molecule has 0 aliphatic heterocycles. The highest BCUT2D eigenvalue weighted by molar-refractivity contribution is 5.75. The zero-order valence-corrected chi connectivity index (χ0v) is 13.8. The highest BCUT2D eigenvalue weighted by atomic mass is 15.1. The smallest absolute Gasteiger partial charge is 0.164 e. The molecule has 0 saturated carbocycles. The lowest BCUT2D eigenvalue weighted by molar-refractivity contribution is 1.000. The minimum absolute atomic E-state index is 0.432. The number of nitrogens with zero attached hydrogens (tertiary/aromatic N) is 6. The third-order valence-corrected chi connectivity index (χ3v) is 4.37. The zero-order chi connectivity index (χ0) is 17.5. The van der Waals surface area contributed by atoms with Gasteiger partial charge in [-0.3, -0.25) is 9.13 Å². The third-order valence-electron chi connectivity index (χ3n) is 4.37. The largest absolute Gasteiger partial charge is 0.326 e. The number of hydrogen-bond acceptors (Lipinski definition) is 5. The Bertz CT molecular complexity index is 1140. The van der Waals surface area contributed by atoms with Gasteiger partial charge in [-0.1, -0.05) is 0 Å². The van der Waals surface area contributed by atoms with Gasteiger partial charge < -0.3 is 5.73 Å². The molecule has 5 rings (SSSR count). The van der Waals surface area contributed by atoms with Crippen LogP contribution in [0.25, 0.3) is 33.7 Å². The first-order valence-electron chi connectivity index (χ1n) is 8.24. The van der Waals surface area contributed by atoms with E-state index in [1.54, 1.807) is 25.0 Å². The molecule has 0 aliphatic rings. The van der Waals surface area contributed by atoms with E-state index in [0.29, 0.717) is 6.54 Å². The van der Waals surface area contributed by atoms with Gasteiger partial charge in [-0.05, 0) is 48.0 Å². The Hall–Kier alpha value is -3.58. The molecule has 5 aromatic rings. The average molecular weight is 341 g/mol. The van der Waals surface area contributed by atoms with Crippen LogP contribution in [-0.2, 0) is 6.54 Å². The summed E-state index contributed by atoms with van der Waals surface area (Å²) in [5.41, 5.74) is 12.2. The molecule has 2 N–H and O–H groups in total. The van der Waals surface area contributed by atoms with Crippen molar-refractivity contribution < 1.29 is 0 Å². The van der Waals surface area contributed by atoms with Gasteiger partial charge in [-0.15, -0.1) is 0 Å². The topological polar surface area (TPSA) is 87.4 Å². The first kappa shape index (κ1) is 14.7. The van der Waals surface area contributed by atoms with Gasteiger partial charge in [-0.25, -0.2) is 19.9 Å². The molecule has 0 spiro atoms. The fraction of sp³-hybridized carbons (Fsp3) is 0.0526. The van der Waals surface area contributed by atoms with Crippen LogP contribution in [0.4, 0.5) is 0 Å². The van der Waals surface area contributed by atoms with Crippen LogP contribution in [0, 0.1) is 0 Å². The lowest BCUT2D eigenvalue weighted by Crippen LogP contribution is -2.03.